The van der Waals surface area contributed by atoms with Gasteiger partial charge in [0.05, 0.1) is 6.26 Å². The van der Waals surface area contributed by atoms with Crippen molar-refractivity contribution in [2.75, 3.05) is 32.7 Å². The maximum atomic E-state index is 5.38. The van der Waals surface area contributed by atoms with Crippen LogP contribution in [0.15, 0.2) is 45.3 Å². The average Bonchev–Trinajstić information content (AvgIpc) is 3.34. The molecule has 0 spiro atoms. The number of nitrogens with zero attached hydrogens (tertiary/aromatic N) is 2. The van der Waals surface area contributed by atoms with Gasteiger partial charge in [0, 0.05) is 44.0 Å². The minimum Gasteiger partial charge on any atom is -0.469 e. The lowest BCUT2D eigenvalue weighted by Crippen LogP contribution is -2.40. The standard InChI is InChI=1S/C20H30N4OS.HI/c1-2-21-20(22-10-9-18-7-4-12-25-18)23-14-17-6-3-11-24(15-17)16-19-8-5-13-26-19;/h4-5,7-8,12-13,17H,2-3,6,9-11,14-16H2,1H3,(H2,21,22,23);1H. The topological polar surface area (TPSA) is 52.8 Å². The predicted octanol–water partition coefficient (Wildman–Crippen LogP) is 3.97. The van der Waals surface area contributed by atoms with Gasteiger partial charge in [-0.3, -0.25) is 9.89 Å². The van der Waals surface area contributed by atoms with E-state index in [-0.39, 0.29) is 24.0 Å². The zero-order chi connectivity index (χ0) is 18.0. The van der Waals surface area contributed by atoms with Crippen molar-refractivity contribution >= 4 is 41.3 Å². The van der Waals surface area contributed by atoms with Gasteiger partial charge in [-0.05, 0) is 55.8 Å². The number of rotatable bonds is 8. The van der Waals surface area contributed by atoms with Gasteiger partial charge in [0.25, 0.3) is 0 Å². The zero-order valence-electron chi connectivity index (χ0n) is 16.0. The molecule has 1 fully saturated rings. The van der Waals surface area contributed by atoms with Crippen LogP contribution in [-0.2, 0) is 13.0 Å². The summed E-state index contributed by atoms with van der Waals surface area (Å²) < 4.78 is 5.38. The second-order valence-electron chi connectivity index (χ2n) is 6.80. The van der Waals surface area contributed by atoms with Gasteiger partial charge < -0.3 is 15.1 Å². The molecule has 0 amide bonds. The normalized spacial score (nSPS) is 18.1. The van der Waals surface area contributed by atoms with Gasteiger partial charge in [0.1, 0.15) is 5.76 Å². The summed E-state index contributed by atoms with van der Waals surface area (Å²) >= 11 is 1.85. The summed E-state index contributed by atoms with van der Waals surface area (Å²) in [5.74, 6) is 2.56. The summed E-state index contributed by atoms with van der Waals surface area (Å²) in [4.78, 5) is 8.86. The van der Waals surface area contributed by atoms with Crippen molar-refractivity contribution < 1.29 is 4.42 Å². The smallest absolute Gasteiger partial charge is 0.191 e. The molecule has 3 heterocycles. The van der Waals surface area contributed by atoms with Crippen LogP contribution in [0.1, 0.15) is 30.4 Å². The van der Waals surface area contributed by atoms with Crippen LogP contribution >= 0.6 is 35.3 Å². The van der Waals surface area contributed by atoms with Gasteiger partial charge in [0.2, 0.25) is 0 Å². The van der Waals surface area contributed by atoms with Gasteiger partial charge in [0.15, 0.2) is 5.96 Å². The number of aliphatic imine (C=N–C) groups is 1. The lowest BCUT2D eigenvalue weighted by molar-refractivity contribution is 0.172. The fourth-order valence-electron chi connectivity index (χ4n) is 3.39. The van der Waals surface area contributed by atoms with Crippen LogP contribution in [0, 0.1) is 5.92 Å². The maximum Gasteiger partial charge on any atom is 0.191 e. The fraction of sp³-hybridized carbons (Fsp3) is 0.550. The van der Waals surface area contributed by atoms with E-state index >= 15 is 0 Å². The molecule has 0 radical (unpaired) electrons. The van der Waals surface area contributed by atoms with Crippen LogP contribution in [-0.4, -0.2) is 43.6 Å². The van der Waals surface area contributed by atoms with Gasteiger partial charge in [-0.25, -0.2) is 0 Å². The van der Waals surface area contributed by atoms with Crippen molar-refractivity contribution in [3.8, 4) is 0 Å². The monoisotopic (exact) mass is 502 g/mol. The summed E-state index contributed by atoms with van der Waals surface area (Å²) in [5.41, 5.74) is 0. The first-order valence-corrected chi connectivity index (χ1v) is 10.5. The Kier molecular flexibility index (Phi) is 10.2. The van der Waals surface area contributed by atoms with E-state index in [1.807, 2.05) is 23.5 Å². The Bertz CT molecular complexity index is 645. The summed E-state index contributed by atoms with van der Waals surface area (Å²) in [6.45, 7) is 8.13. The minimum atomic E-state index is 0. The van der Waals surface area contributed by atoms with Crippen molar-refractivity contribution in [1.82, 2.24) is 15.5 Å². The molecule has 0 aliphatic carbocycles. The van der Waals surface area contributed by atoms with E-state index in [1.165, 1.54) is 24.3 Å². The molecular weight excluding hydrogens is 471 g/mol. The van der Waals surface area contributed by atoms with Crippen LogP contribution in [0.25, 0.3) is 0 Å². The van der Waals surface area contributed by atoms with E-state index in [9.17, 15) is 0 Å². The largest absolute Gasteiger partial charge is 0.469 e. The van der Waals surface area contributed by atoms with Gasteiger partial charge in [-0.1, -0.05) is 6.07 Å². The third-order valence-corrected chi connectivity index (χ3v) is 5.52. The first kappa shape index (κ1) is 22.2. The summed E-state index contributed by atoms with van der Waals surface area (Å²) in [6, 6.07) is 8.32. The zero-order valence-corrected chi connectivity index (χ0v) is 19.2. The molecule has 5 nitrogen and oxygen atoms in total. The molecule has 1 unspecified atom stereocenters. The van der Waals surface area contributed by atoms with Gasteiger partial charge >= 0.3 is 0 Å². The first-order chi connectivity index (χ1) is 12.8. The average molecular weight is 502 g/mol. The second-order valence-corrected chi connectivity index (χ2v) is 7.83. The number of guanidine groups is 1. The molecule has 7 heteroatoms. The Balaban J connectivity index is 0.00000261. The molecular formula is C20H31IN4OS. The number of thiophene rings is 1. The summed E-state index contributed by atoms with van der Waals surface area (Å²) in [5, 5.41) is 8.92. The highest BCUT2D eigenvalue weighted by atomic mass is 127. The Labute approximate surface area is 183 Å². The Morgan fingerprint density at radius 1 is 1.33 bits per heavy atom. The maximum absolute atomic E-state index is 5.38. The SMILES string of the molecule is CCNC(=NCC1CCCN(Cc2cccs2)C1)NCCc1ccco1.I. The highest BCUT2D eigenvalue weighted by Gasteiger charge is 2.20. The number of furan rings is 1. The van der Waals surface area contributed by atoms with Gasteiger partial charge in [-0.2, -0.15) is 0 Å². The van der Waals surface area contributed by atoms with E-state index in [0.29, 0.717) is 5.92 Å². The second kappa shape index (κ2) is 12.4. The molecule has 3 rings (SSSR count). The minimum absolute atomic E-state index is 0. The lowest BCUT2D eigenvalue weighted by Gasteiger charge is -2.31. The Morgan fingerprint density at radius 3 is 3.00 bits per heavy atom. The molecule has 1 saturated heterocycles. The number of halogens is 1. The predicted molar refractivity (Wildman–Crippen MR) is 124 cm³/mol. The van der Waals surface area contributed by atoms with Gasteiger partial charge in [-0.15, -0.1) is 35.3 Å². The number of piperidine rings is 1. The molecule has 0 bridgehead atoms. The van der Waals surface area contributed by atoms with Crippen LogP contribution in [0.5, 0.6) is 0 Å². The molecule has 27 heavy (non-hydrogen) atoms. The molecule has 0 saturated carbocycles. The summed E-state index contributed by atoms with van der Waals surface area (Å²) in [7, 11) is 0. The lowest BCUT2D eigenvalue weighted by atomic mass is 9.98. The number of nitrogens with one attached hydrogen (secondary N) is 2. The quantitative estimate of drug-likeness (QED) is 0.326. The van der Waals surface area contributed by atoms with Crippen LogP contribution in [0.2, 0.25) is 0 Å². The van der Waals surface area contributed by atoms with Crippen LogP contribution in [0.3, 0.4) is 0 Å². The van der Waals surface area contributed by atoms with Crippen LogP contribution in [0.4, 0.5) is 0 Å². The number of likely N-dealkylation sites (tertiary alicyclic amines) is 1. The third-order valence-electron chi connectivity index (χ3n) is 4.66. The Morgan fingerprint density at radius 2 is 2.26 bits per heavy atom. The van der Waals surface area contributed by atoms with E-state index < -0.39 is 0 Å². The van der Waals surface area contributed by atoms with Crippen molar-refractivity contribution in [3.63, 3.8) is 0 Å². The molecule has 1 atom stereocenters. The molecule has 2 aromatic heterocycles. The van der Waals surface area contributed by atoms with E-state index in [1.54, 1.807) is 6.26 Å². The highest BCUT2D eigenvalue weighted by molar-refractivity contribution is 14.0. The first-order valence-electron chi connectivity index (χ1n) is 9.62. The molecule has 0 aromatic carbocycles. The van der Waals surface area contributed by atoms with Crippen molar-refractivity contribution in [2.24, 2.45) is 10.9 Å². The summed E-state index contributed by atoms with van der Waals surface area (Å²) in [6.07, 6.45) is 5.14. The molecule has 150 valence electrons. The number of hydrogen-bond acceptors (Lipinski definition) is 4. The highest BCUT2D eigenvalue weighted by Crippen LogP contribution is 2.20. The molecule has 2 N–H and O–H groups in total. The van der Waals surface area contributed by atoms with Crippen molar-refractivity contribution in [2.45, 2.75) is 32.7 Å². The van der Waals surface area contributed by atoms with Crippen LogP contribution < -0.4 is 10.6 Å². The van der Waals surface area contributed by atoms with E-state index in [2.05, 4.69) is 40.0 Å². The molecule has 1 aliphatic rings. The Hall–Kier alpha value is -1.06. The van der Waals surface area contributed by atoms with E-state index in [4.69, 9.17) is 9.41 Å². The molecule has 2 aromatic rings. The van der Waals surface area contributed by atoms with E-state index in [0.717, 1.165) is 50.9 Å². The fourth-order valence-corrected chi connectivity index (χ4v) is 4.13. The number of hydrogen-bond donors (Lipinski definition) is 2. The molecule has 1 aliphatic heterocycles. The van der Waals surface area contributed by atoms with Crippen molar-refractivity contribution in [3.05, 3.63) is 46.5 Å². The van der Waals surface area contributed by atoms with Crippen molar-refractivity contribution in [1.29, 1.82) is 0 Å². The third kappa shape index (κ3) is 7.83.